The van der Waals surface area contributed by atoms with Crippen molar-refractivity contribution in [2.75, 3.05) is 6.61 Å². The third-order valence-electron chi connectivity index (χ3n) is 9.01. The van der Waals surface area contributed by atoms with Crippen molar-refractivity contribution in [3.05, 3.63) is 23.3 Å². The molecule has 3 aliphatic rings. The van der Waals surface area contributed by atoms with Crippen molar-refractivity contribution in [2.24, 2.45) is 28.2 Å². The molecule has 3 N–H and O–H groups in total. The molecular weight excluding hydrogens is 374 g/mol. The maximum atomic E-state index is 10.2. The highest BCUT2D eigenvalue weighted by Gasteiger charge is 2.60. The van der Waals surface area contributed by atoms with Crippen LogP contribution in [0.4, 0.5) is 0 Å². The van der Waals surface area contributed by atoms with Gasteiger partial charge >= 0.3 is 0 Å². The van der Waals surface area contributed by atoms with Crippen LogP contribution in [0, 0.1) is 23.2 Å². The summed E-state index contributed by atoms with van der Waals surface area (Å²) in [5.74, 6) is 0.958. The van der Waals surface area contributed by atoms with Gasteiger partial charge in [-0.15, -0.1) is 0 Å². The normalized spacial score (nSPS) is 41.5. The van der Waals surface area contributed by atoms with Crippen molar-refractivity contribution in [2.45, 2.75) is 103 Å². The van der Waals surface area contributed by atoms with Crippen molar-refractivity contribution in [1.29, 1.82) is 0 Å². The molecule has 0 heterocycles. The Morgan fingerprint density at radius 3 is 2.50 bits per heavy atom. The van der Waals surface area contributed by atoms with Gasteiger partial charge in [0.1, 0.15) is 0 Å². The van der Waals surface area contributed by atoms with E-state index in [1.54, 1.807) is 0 Å². The zero-order chi connectivity index (χ0) is 21.9. The van der Waals surface area contributed by atoms with E-state index in [2.05, 4.69) is 32.7 Å². The van der Waals surface area contributed by atoms with Crippen LogP contribution in [-0.4, -0.2) is 46.4 Å². The molecule has 30 heavy (non-hydrogen) atoms. The summed E-state index contributed by atoms with van der Waals surface area (Å²) in [6.07, 6.45) is 13.7. The number of allylic oxidation sites excluding steroid dienone is 3. The molecule has 0 radical (unpaired) electrons. The second-order valence-electron chi connectivity index (χ2n) is 10.5. The first-order valence-corrected chi connectivity index (χ1v) is 12.1. The number of hydrogen-bond acceptors (Lipinski definition) is 4. The fourth-order valence-electron chi connectivity index (χ4n) is 6.92. The molecular formula is C26H43NO3. The smallest absolute Gasteiger partial charge is 0.0685 e. The number of aliphatic imine (C=N–C) groups is 1. The second-order valence-corrected chi connectivity index (χ2v) is 10.5. The van der Waals surface area contributed by atoms with Crippen molar-refractivity contribution < 1.29 is 15.3 Å². The molecule has 0 saturated heterocycles. The van der Waals surface area contributed by atoms with Gasteiger partial charge in [-0.05, 0) is 81.8 Å². The number of unbranched alkanes of at least 4 members (excludes halogenated alkanes) is 1. The number of nitrogens with zero attached hydrogens (tertiary/aromatic N) is 1. The quantitative estimate of drug-likeness (QED) is 0.410. The highest BCUT2D eigenvalue weighted by molar-refractivity contribution is 5.34. The molecule has 0 aromatic heterocycles. The van der Waals surface area contributed by atoms with Gasteiger partial charge in [-0.25, -0.2) is 0 Å². The molecule has 0 spiro atoms. The summed E-state index contributed by atoms with van der Waals surface area (Å²) in [7, 11) is 0. The van der Waals surface area contributed by atoms with Crippen LogP contribution >= 0.6 is 0 Å². The summed E-state index contributed by atoms with van der Waals surface area (Å²) in [6, 6.07) is 0. The zero-order valence-electron chi connectivity index (χ0n) is 19.3. The highest BCUT2D eigenvalue weighted by atomic mass is 16.3. The van der Waals surface area contributed by atoms with Crippen molar-refractivity contribution >= 4 is 6.72 Å². The van der Waals surface area contributed by atoms with Gasteiger partial charge in [0.25, 0.3) is 0 Å². The minimum absolute atomic E-state index is 0.0470. The van der Waals surface area contributed by atoms with E-state index >= 15 is 0 Å². The number of aliphatic hydroxyl groups excluding tert-OH is 3. The molecule has 6 atom stereocenters. The number of fused-ring (bicyclic) bond motifs is 1. The molecule has 170 valence electrons. The minimum atomic E-state index is -0.445. The van der Waals surface area contributed by atoms with Crippen LogP contribution < -0.4 is 0 Å². The monoisotopic (exact) mass is 417 g/mol. The van der Waals surface area contributed by atoms with Gasteiger partial charge in [-0.2, -0.15) is 0 Å². The van der Waals surface area contributed by atoms with Crippen molar-refractivity contribution in [1.82, 2.24) is 0 Å². The van der Waals surface area contributed by atoms with Gasteiger partial charge in [0.15, 0.2) is 0 Å². The van der Waals surface area contributed by atoms with Crippen LogP contribution in [-0.2, 0) is 0 Å². The Morgan fingerprint density at radius 1 is 1.17 bits per heavy atom. The number of hydrogen-bond donors (Lipinski definition) is 3. The molecule has 0 aromatic carbocycles. The van der Waals surface area contributed by atoms with E-state index in [0.717, 1.165) is 44.1 Å². The average molecular weight is 418 g/mol. The standard InChI is InChI=1S/C26H43NO3/c1-18(8-5-6-15-28)26(27-4)14-12-22-21(9-7-13-25(22,26)3)11-10-20-16-23(29)19(2)24(30)17-20/h10-11,18-19,22-24,28-30H,4-9,12-17H2,1-3H3/b20-10?,21-11+/t18-,19?,22+,23-,24-,25+,26+/m1/s1. The van der Waals surface area contributed by atoms with Crippen LogP contribution in [0.25, 0.3) is 0 Å². The van der Waals surface area contributed by atoms with Crippen LogP contribution in [0.5, 0.6) is 0 Å². The lowest BCUT2D eigenvalue weighted by Gasteiger charge is -2.50. The molecule has 0 bridgehead atoms. The predicted octanol–water partition coefficient (Wildman–Crippen LogP) is 4.83. The van der Waals surface area contributed by atoms with Crippen LogP contribution in [0.3, 0.4) is 0 Å². The Kier molecular flexibility index (Phi) is 7.63. The van der Waals surface area contributed by atoms with Crippen LogP contribution in [0.1, 0.15) is 85.0 Å². The van der Waals surface area contributed by atoms with Gasteiger partial charge < -0.3 is 15.3 Å². The summed E-state index contributed by atoms with van der Waals surface area (Å²) in [5.41, 5.74) is 2.74. The van der Waals surface area contributed by atoms with Crippen LogP contribution in [0.15, 0.2) is 28.3 Å². The van der Waals surface area contributed by atoms with Gasteiger partial charge in [0, 0.05) is 12.5 Å². The largest absolute Gasteiger partial charge is 0.396 e. The minimum Gasteiger partial charge on any atom is -0.396 e. The molecule has 0 amide bonds. The molecule has 3 rings (SSSR count). The first-order chi connectivity index (χ1) is 14.3. The van der Waals surface area contributed by atoms with Gasteiger partial charge in [-0.3, -0.25) is 4.99 Å². The average Bonchev–Trinajstić information content (AvgIpc) is 3.04. The second kappa shape index (κ2) is 9.67. The van der Waals surface area contributed by atoms with Gasteiger partial charge in [0.05, 0.1) is 17.7 Å². The highest BCUT2D eigenvalue weighted by Crippen LogP contribution is 2.63. The molecule has 3 aliphatic carbocycles. The Balaban J connectivity index is 1.80. The molecule has 0 aromatic rings. The van der Waals surface area contributed by atoms with E-state index in [-0.39, 0.29) is 23.5 Å². The van der Waals surface area contributed by atoms with E-state index in [1.165, 1.54) is 18.4 Å². The molecule has 3 saturated carbocycles. The Bertz CT molecular complexity index is 657. The van der Waals surface area contributed by atoms with Gasteiger partial charge in [0.2, 0.25) is 0 Å². The summed E-state index contributed by atoms with van der Waals surface area (Å²) >= 11 is 0. The summed E-state index contributed by atoms with van der Waals surface area (Å²) in [4.78, 5) is 4.85. The molecule has 4 heteroatoms. The fourth-order valence-corrected chi connectivity index (χ4v) is 6.92. The lowest BCUT2D eigenvalue weighted by atomic mass is 9.57. The third kappa shape index (κ3) is 4.20. The molecule has 0 unspecified atom stereocenters. The number of rotatable bonds is 7. The number of aliphatic hydroxyl groups is 3. The Morgan fingerprint density at radius 2 is 1.87 bits per heavy atom. The van der Waals surface area contributed by atoms with E-state index in [1.807, 2.05) is 6.92 Å². The first-order valence-electron chi connectivity index (χ1n) is 12.1. The Labute approximate surface area is 183 Å². The predicted molar refractivity (Wildman–Crippen MR) is 124 cm³/mol. The molecule has 0 aliphatic heterocycles. The van der Waals surface area contributed by atoms with Crippen molar-refractivity contribution in [3.8, 4) is 0 Å². The summed E-state index contributed by atoms with van der Waals surface area (Å²) in [6.45, 7) is 11.1. The maximum Gasteiger partial charge on any atom is 0.0685 e. The van der Waals surface area contributed by atoms with Gasteiger partial charge in [-0.1, -0.05) is 50.5 Å². The zero-order valence-corrected chi connectivity index (χ0v) is 19.3. The molecule has 4 nitrogen and oxygen atoms in total. The summed E-state index contributed by atoms with van der Waals surface area (Å²) < 4.78 is 0. The third-order valence-corrected chi connectivity index (χ3v) is 9.01. The first kappa shape index (κ1) is 23.7. The Hall–Kier alpha value is -0.970. The van der Waals surface area contributed by atoms with E-state index in [9.17, 15) is 15.3 Å². The maximum absolute atomic E-state index is 10.2. The topological polar surface area (TPSA) is 73.1 Å². The van der Waals surface area contributed by atoms with E-state index in [0.29, 0.717) is 24.7 Å². The fraction of sp³-hybridized carbons (Fsp3) is 0.808. The van der Waals surface area contributed by atoms with Crippen LogP contribution in [0.2, 0.25) is 0 Å². The SMILES string of the molecule is C=N[C@]1([C@H](C)CCCCO)CC[C@H]2/C(=C/C=C3C[C@@H](O)C(C)[C@H](O)C3)CCC[C@@]21C. The molecule has 3 fully saturated rings. The van der Waals surface area contributed by atoms with Crippen molar-refractivity contribution in [3.63, 3.8) is 0 Å². The lowest BCUT2D eigenvalue weighted by molar-refractivity contribution is 0.00407. The van der Waals surface area contributed by atoms with E-state index < -0.39 is 12.2 Å². The van der Waals surface area contributed by atoms with E-state index in [4.69, 9.17) is 4.99 Å². The lowest BCUT2D eigenvalue weighted by Crippen LogP contribution is -2.49. The summed E-state index contributed by atoms with van der Waals surface area (Å²) in [5, 5.41) is 29.7.